The summed E-state index contributed by atoms with van der Waals surface area (Å²) in [6.45, 7) is 1.20. The molecular formula is C8H9ClF3NO3. The van der Waals surface area contributed by atoms with Gasteiger partial charge in [-0.2, -0.15) is 13.2 Å². The molecule has 0 atom stereocenters. The number of ether oxygens (including phenoxy) is 1. The molecule has 0 amide bonds. The summed E-state index contributed by atoms with van der Waals surface area (Å²) in [5.41, 5.74) is -3.24. The van der Waals surface area contributed by atoms with Gasteiger partial charge in [-0.15, -0.1) is 11.6 Å². The summed E-state index contributed by atoms with van der Waals surface area (Å²) in [6, 6.07) is 0. The summed E-state index contributed by atoms with van der Waals surface area (Å²) in [7, 11) is 0. The highest BCUT2D eigenvalue weighted by atomic mass is 35.5. The maximum absolute atomic E-state index is 12.2. The largest absolute Gasteiger partial charge is 0.510 e. The van der Waals surface area contributed by atoms with Crippen LogP contribution >= 0.6 is 11.6 Å². The number of hydrogen-bond acceptors (Lipinski definition) is 4. The van der Waals surface area contributed by atoms with Gasteiger partial charge in [0.25, 0.3) is 0 Å². The second-order valence-corrected chi connectivity index (χ2v) is 2.82. The maximum Gasteiger partial charge on any atom is 0.433 e. The van der Waals surface area contributed by atoms with E-state index in [9.17, 15) is 18.0 Å². The van der Waals surface area contributed by atoms with Crippen LogP contribution in [0.3, 0.4) is 0 Å². The molecule has 92 valence electrons. The molecule has 0 aromatic rings. The minimum absolute atomic E-state index is 0.178. The Balaban J connectivity index is 5.30. The molecule has 0 aromatic carbocycles. The Labute approximate surface area is 94.2 Å². The Morgan fingerprint density at radius 3 is 2.31 bits per heavy atom. The first-order valence-corrected chi connectivity index (χ1v) is 4.60. The van der Waals surface area contributed by atoms with Crippen molar-refractivity contribution in [3.05, 3.63) is 11.3 Å². The van der Waals surface area contributed by atoms with Gasteiger partial charge in [-0.25, -0.2) is 4.79 Å². The molecule has 0 saturated heterocycles. The Morgan fingerprint density at radius 1 is 1.50 bits per heavy atom. The Bertz CT molecular complexity index is 325. The highest BCUT2D eigenvalue weighted by molar-refractivity contribution is 6.24. The Morgan fingerprint density at radius 2 is 2.00 bits per heavy atom. The second-order valence-electron chi connectivity index (χ2n) is 2.55. The molecule has 8 heteroatoms. The Kier molecular flexibility index (Phi) is 5.29. The van der Waals surface area contributed by atoms with Crippen molar-refractivity contribution < 1.29 is 27.8 Å². The molecule has 0 rings (SSSR count). The molecule has 0 saturated carbocycles. The first kappa shape index (κ1) is 14.8. The topological polar surface area (TPSA) is 70.4 Å². The van der Waals surface area contributed by atoms with Crippen molar-refractivity contribution in [2.24, 2.45) is 0 Å². The summed E-state index contributed by atoms with van der Waals surface area (Å²) in [5.74, 6) is -3.18. The van der Waals surface area contributed by atoms with Crippen molar-refractivity contribution >= 4 is 23.3 Å². The van der Waals surface area contributed by atoms with E-state index in [0.717, 1.165) is 0 Å². The summed E-state index contributed by atoms with van der Waals surface area (Å²) in [4.78, 5) is 11.1. The van der Waals surface area contributed by atoms with Crippen LogP contribution in [0.2, 0.25) is 0 Å². The third-order valence-electron chi connectivity index (χ3n) is 1.43. The number of aliphatic hydroxyl groups excluding tert-OH is 1. The fourth-order valence-electron chi connectivity index (χ4n) is 0.776. The minimum Gasteiger partial charge on any atom is -0.510 e. The molecule has 0 radical (unpaired) electrons. The quantitative estimate of drug-likeness (QED) is 0.267. The molecule has 0 bridgehead atoms. The lowest BCUT2D eigenvalue weighted by Gasteiger charge is -2.12. The molecule has 4 nitrogen and oxygen atoms in total. The number of carbonyl (C=O) groups excluding carboxylic acids is 1. The van der Waals surface area contributed by atoms with Crippen molar-refractivity contribution in [3.8, 4) is 0 Å². The molecule has 16 heavy (non-hydrogen) atoms. The zero-order valence-corrected chi connectivity index (χ0v) is 8.95. The van der Waals surface area contributed by atoms with Gasteiger partial charge in [0.05, 0.1) is 12.5 Å². The van der Waals surface area contributed by atoms with Gasteiger partial charge in [0.15, 0.2) is 5.71 Å². The minimum atomic E-state index is -5.05. The van der Waals surface area contributed by atoms with Gasteiger partial charge in [-0.1, -0.05) is 0 Å². The number of carbonyl (C=O) groups is 1. The number of hydrogen-bond donors (Lipinski definition) is 2. The van der Waals surface area contributed by atoms with E-state index in [0.29, 0.717) is 0 Å². The molecule has 0 fully saturated rings. The van der Waals surface area contributed by atoms with Crippen molar-refractivity contribution in [2.75, 3.05) is 12.5 Å². The van der Waals surface area contributed by atoms with E-state index in [1.165, 1.54) is 6.92 Å². The molecule has 2 N–H and O–H groups in total. The lowest BCUT2D eigenvalue weighted by Crippen LogP contribution is -2.30. The zero-order chi connectivity index (χ0) is 12.9. The number of aliphatic hydroxyl groups is 1. The van der Waals surface area contributed by atoms with Gasteiger partial charge in [-0.05, 0) is 6.92 Å². The van der Waals surface area contributed by atoms with E-state index in [1.807, 2.05) is 0 Å². The lowest BCUT2D eigenvalue weighted by molar-refractivity contribution is -0.138. The van der Waals surface area contributed by atoms with Crippen LogP contribution in [0, 0.1) is 5.41 Å². The van der Waals surface area contributed by atoms with E-state index < -0.39 is 35.1 Å². The van der Waals surface area contributed by atoms with Crippen LogP contribution in [-0.2, 0) is 9.53 Å². The summed E-state index contributed by atoms with van der Waals surface area (Å²) in [6.07, 6.45) is -5.05. The Hall–Kier alpha value is -1.24. The van der Waals surface area contributed by atoms with Crippen LogP contribution in [0.25, 0.3) is 0 Å². The third kappa shape index (κ3) is 3.73. The monoisotopic (exact) mass is 259 g/mol. The standard InChI is InChI=1S/C8H9ClF3NO3/c1-2-16-7(15)5(4(14)3-9)6(13)8(10,11)12/h13-14H,2-3H2,1H3. The molecule has 0 unspecified atom stereocenters. The van der Waals surface area contributed by atoms with Crippen LogP contribution in [-0.4, -0.2) is 35.5 Å². The molecule has 0 heterocycles. The van der Waals surface area contributed by atoms with Crippen molar-refractivity contribution in [1.29, 1.82) is 5.41 Å². The number of nitrogens with one attached hydrogen (secondary N) is 1. The predicted octanol–water partition coefficient (Wildman–Crippen LogP) is 2.18. The van der Waals surface area contributed by atoms with Gasteiger partial charge in [-0.3, -0.25) is 5.41 Å². The van der Waals surface area contributed by atoms with E-state index in [-0.39, 0.29) is 6.61 Å². The number of esters is 1. The fraction of sp³-hybridized carbons (Fsp3) is 0.500. The number of halogens is 4. The summed E-state index contributed by atoms with van der Waals surface area (Å²) >= 11 is 5.11. The fourth-order valence-corrected chi connectivity index (χ4v) is 0.910. The van der Waals surface area contributed by atoms with Crippen LogP contribution in [0.4, 0.5) is 13.2 Å². The van der Waals surface area contributed by atoms with Gasteiger partial charge in [0.2, 0.25) is 0 Å². The van der Waals surface area contributed by atoms with Crippen molar-refractivity contribution in [2.45, 2.75) is 13.1 Å². The van der Waals surface area contributed by atoms with E-state index in [1.54, 1.807) is 0 Å². The van der Waals surface area contributed by atoms with E-state index >= 15 is 0 Å². The van der Waals surface area contributed by atoms with Gasteiger partial charge in [0, 0.05) is 0 Å². The molecule has 0 aliphatic rings. The van der Waals surface area contributed by atoms with E-state index in [2.05, 4.69) is 4.74 Å². The van der Waals surface area contributed by atoms with Gasteiger partial charge < -0.3 is 9.84 Å². The molecule has 0 spiro atoms. The number of alkyl halides is 4. The normalized spacial score (nSPS) is 13.1. The third-order valence-corrected chi connectivity index (χ3v) is 1.68. The zero-order valence-electron chi connectivity index (χ0n) is 8.19. The molecule has 0 aliphatic carbocycles. The lowest BCUT2D eigenvalue weighted by atomic mass is 10.1. The first-order chi connectivity index (χ1) is 7.25. The highest BCUT2D eigenvalue weighted by Gasteiger charge is 2.41. The number of rotatable bonds is 4. The smallest absolute Gasteiger partial charge is 0.433 e. The van der Waals surface area contributed by atoms with Crippen molar-refractivity contribution in [1.82, 2.24) is 0 Å². The average molecular weight is 260 g/mol. The molecule has 0 aromatic heterocycles. The van der Waals surface area contributed by atoms with Crippen LogP contribution < -0.4 is 0 Å². The van der Waals surface area contributed by atoms with Crippen LogP contribution in [0.1, 0.15) is 6.92 Å². The molecular weight excluding hydrogens is 251 g/mol. The van der Waals surface area contributed by atoms with Crippen molar-refractivity contribution in [3.63, 3.8) is 0 Å². The summed E-state index contributed by atoms with van der Waals surface area (Å²) in [5, 5.41) is 15.8. The first-order valence-electron chi connectivity index (χ1n) is 4.07. The maximum atomic E-state index is 12.2. The van der Waals surface area contributed by atoms with Gasteiger partial charge in [0.1, 0.15) is 11.3 Å². The van der Waals surface area contributed by atoms with Crippen LogP contribution in [0.5, 0.6) is 0 Å². The van der Waals surface area contributed by atoms with Gasteiger partial charge >= 0.3 is 12.1 Å². The predicted molar refractivity (Wildman–Crippen MR) is 50.8 cm³/mol. The molecule has 0 aliphatic heterocycles. The second kappa shape index (κ2) is 5.74. The summed E-state index contributed by atoms with van der Waals surface area (Å²) < 4.78 is 40.8. The SMILES string of the molecule is CCOC(=O)C(C(=N)C(F)(F)F)=C(O)CCl. The average Bonchev–Trinajstić information content (AvgIpc) is 2.16. The number of allylic oxidation sites excluding steroid dienone is 1. The highest BCUT2D eigenvalue weighted by Crippen LogP contribution is 2.23. The van der Waals surface area contributed by atoms with E-state index in [4.69, 9.17) is 22.1 Å². The van der Waals surface area contributed by atoms with Crippen LogP contribution in [0.15, 0.2) is 11.3 Å².